The summed E-state index contributed by atoms with van der Waals surface area (Å²) >= 11 is 0. The Kier molecular flexibility index (Phi) is 2.25. The van der Waals surface area contributed by atoms with Gasteiger partial charge in [-0.2, -0.15) is 0 Å². The van der Waals surface area contributed by atoms with Crippen LogP contribution in [0.2, 0.25) is 0 Å². The van der Waals surface area contributed by atoms with Gasteiger partial charge in [0.05, 0.1) is 0 Å². The lowest BCUT2D eigenvalue weighted by molar-refractivity contribution is 0.588. The smallest absolute Gasteiger partial charge is 0.122 e. The minimum absolute atomic E-state index is 0.0127. The molecule has 0 radical (unpaired) electrons. The van der Waals surface area contributed by atoms with Gasteiger partial charge in [0.1, 0.15) is 5.83 Å². The Hall–Kier alpha value is -0.590. The molecule has 0 nitrogen and oxygen atoms in total. The fourth-order valence-corrected chi connectivity index (χ4v) is 1.22. The van der Waals surface area contributed by atoms with Crippen LogP contribution in [0.3, 0.4) is 0 Å². The van der Waals surface area contributed by atoms with Crippen molar-refractivity contribution in [2.75, 3.05) is 0 Å². The van der Waals surface area contributed by atoms with Crippen LogP contribution >= 0.6 is 0 Å². The molecule has 0 unspecified atom stereocenters. The first-order chi connectivity index (χ1) is 4.72. The summed E-state index contributed by atoms with van der Waals surface area (Å²) in [6, 6.07) is 0. The lowest BCUT2D eigenvalue weighted by Crippen LogP contribution is -1.98. The molecule has 0 aromatic carbocycles. The van der Waals surface area contributed by atoms with Crippen LogP contribution in [0.25, 0.3) is 0 Å². The molecule has 0 saturated heterocycles. The standard InChI is InChI=1S/C9H13F/c1-7(2)8-5-3-4-6-9(8)10/h4,6-7H,3,5H2,1-2H3. The van der Waals surface area contributed by atoms with Crippen molar-refractivity contribution in [3.8, 4) is 0 Å². The molecule has 0 heterocycles. The van der Waals surface area contributed by atoms with Crippen LogP contribution < -0.4 is 0 Å². The molecule has 0 aromatic rings. The van der Waals surface area contributed by atoms with Gasteiger partial charge in [0.15, 0.2) is 0 Å². The maximum atomic E-state index is 12.9. The first kappa shape index (κ1) is 7.52. The van der Waals surface area contributed by atoms with E-state index in [2.05, 4.69) is 0 Å². The summed E-state index contributed by atoms with van der Waals surface area (Å²) in [4.78, 5) is 0. The third kappa shape index (κ3) is 1.47. The average Bonchev–Trinajstić information content (AvgIpc) is 1.88. The molecule has 0 fully saturated rings. The molecule has 56 valence electrons. The van der Waals surface area contributed by atoms with E-state index in [1.165, 1.54) is 0 Å². The van der Waals surface area contributed by atoms with E-state index in [9.17, 15) is 4.39 Å². The van der Waals surface area contributed by atoms with Gasteiger partial charge in [-0.15, -0.1) is 0 Å². The first-order valence-corrected chi connectivity index (χ1v) is 3.77. The van der Waals surface area contributed by atoms with Crippen molar-refractivity contribution in [2.45, 2.75) is 26.7 Å². The van der Waals surface area contributed by atoms with Crippen molar-refractivity contribution < 1.29 is 4.39 Å². The van der Waals surface area contributed by atoms with Gasteiger partial charge < -0.3 is 0 Å². The molecule has 1 aliphatic carbocycles. The van der Waals surface area contributed by atoms with E-state index < -0.39 is 0 Å². The fraction of sp³-hybridized carbons (Fsp3) is 0.556. The number of allylic oxidation sites excluding steroid dienone is 4. The second kappa shape index (κ2) is 3.00. The van der Waals surface area contributed by atoms with Gasteiger partial charge in [-0.05, 0) is 30.4 Å². The molecule has 0 saturated carbocycles. The highest BCUT2D eigenvalue weighted by molar-refractivity contribution is 5.24. The van der Waals surface area contributed by atoms with Gasteiger partial charge in [-0.25, -0.2) is 4.39 Å². The lowest BCUT2D eigenvalue weighted by atomic mass is 9.94. The second-order valence-electron chi connectivity index (χ2n) is 2.97. The zero-order chi connectivity index (χ0) is 7.56. The topological polar surface area (TPSA) is 0 Å². The minimum Gasteiger partial charge on any atom is -0.207 e. The Balaban J connectivity index is 2.79. The number of hydrogen-bond acceptors (Lipinski definition) is 0. The predicted molar refractivity (Wildman–Crippen MR) is 41.3 cm³/mol. The largest absolute Gasteiger partial charge is 0.207 e. The Morgan fingerprint density at radius 2 is 2.20 bits per heavy atom. The molecule has 10 heavy (non-hydrogen) atoms. The van der Waals surface area contributed by atoms with E-state index in [0.717, 1.165) is 18.4 Å². The van der Waals surface area contributed by atoms with Crippen LogP contribution in [0.4, 0.5) is 4.39 Å². The van der Waals surface area contributed by atoms with E-state index in [-0.39, 0.29) is 5.83 Å². The maximum absolute atomic E-state index is 12.9. The molecule has 0 bridgehead atoms. The van der Waals surface area contributed by atoms with Gasteiger partial charge in [0.2, 0.25) is 0 Å². The number of halogens is 1. The third-order valence-electron chi connectivity index (χ3n) is 1.85. The van der Waals surface area contributed by atoms with Crippen molar-refractivity contribution in [2.24, 2.45) is 5.92 Å². The Morgan fingerprint density at radius 1 is 1.50 bits per heavy atom. The van der Waals surface area contributed by atoms with E-state index in [1.54, 1.807) is 6.08 Å². The molecule has 0 spiro atoms. The molecule has 0 aliphatic heterocycles. The fourth-order valence-electron chi connectivity index (χ4n) is 1.22. The first-order valence-electron chi connectivity index (χ1n) is 3.77. The van der Waals surface area contributed by atoms with Crippen LogP contribution in [-0.4, -0.2) is 0 Å². The zero-order valence-electron chi connectivity index (χ0n) is 6.52. The maximum Gasteiger partial charge on any atom is 0.122 e. The molecule has 0 atom stereocenters. The van der Waals surface area contributed by atoms with Gasteiger partial charge in [0.25, 0.3) is 0 Å². The third-order valence-corrected chi connectivity index (χ3v) is 1.85. The highest BCUT2D eigenvalue weighted by atomic mass is 19.1. The van der Waals surface area contributed by atoms with Crippen LogP contribution in [-0.2, 0) is 0 Å². The van der Waals surface area contributed by atoms with Crippen molar-refractivity contribution in [3.05, 3.63) is 23.6 Å². The van der Waals surface area contributed by atoms with Crippen LogP contribution in [0.15, 0.2) is 23.6 Å². The second-order valence-corrected chi connectivity index (χ2v) is 2.97. The Morgan fingerprint density at radius 3 is 2.60 bits per heavy atom. The van der Waals surface area contributed by atoms with Gasteiger partial charge in [-0.3, -0.25) is 0 Å². The summed E-state index contributed by atoms with van der Waals surface area (Å²) in [5, 5.41) is 0. The molecule has 1 aliphatic rings. The number of hydrogen-bond donors (Lipinski definition) is 0. The predicted octanol–water partition coefficient (Wildman–Crippen LogP) is 3.22. The summed E-state index contributed by atoms with van der Waals surface area (Å²) in [5.41, 5.74) is 0.975. The van der Waals surface area contributed by atoms with Crippen molar-refractivity contribution >= 4 is 0 Å². The van der Waals surface area contributed by atoms with E-state index in [1.807, 2.05) is 19.9 Å². The normalized spacial score (nSPS) is 18.8. The van der Waals surface area contributed by atoms with Gasteiger partial charge in [-0.1, -0.05) is 19.9 Å². The molecule has 1 heteroatoms. The lowest BCUT2D eigenvalue weighted by Gasteiger charge is -2.13. The van der Waals surface area contributed by atoms with Crippen LogP contribution in [0, 0.1) is 5.92 Å². The molecular formula is C9H13F. The number of rotatable bonds is 1. The SMILES string of the molecule is CC(C)C1=C(F)C=CCC1. The van der Waals surface area contributed by atoms with Crippen molar-refractivity contribution in [3.63, 3.8) is 0 Å². The molecule has 0 amide bonds. The summed E-state index contributed by atoms with van der Waals surface area (Å²) in [6.45, 7) is 4.07. The van der Waals surface area contributed by atoms with E-state index >= 15 is 0 Å². The monoisotopic (exact) mass is 140 g/mol. The average molecular weight is 140 g/mol. The molecular weight excluding hydrogens is 127 g/mol. The van der Waals surface area contributed by atoms with E-state index in [4.69, 9.17) is 0 Å². The Bertz CT molecular complexity index is 175. The van der Waals surface area contributed by atoms with Gasteiger partial charge in [0, 0.05) is 0 Å². The summed E-state index contributed by atoms with van der Waals surface area (Å²) in [5.74, 6) is 0.353. The minimum atomic E-state index is -0.0127. The summed E-state index contributed by atoms with van der Waals surface area (Å²) < 4.78 is 12.9. The molecule has 0 N–H and O–H groups in total. The van der Waals surface area contributed by atoms with Crippen molar-refractivity contribution in [1.29, 1.82) is 0 Å². The Labute approximate surface area is 61.4 Å². The van der Waals surface area contributed by atoms with E-state index in [0.29, 0.717) is 5.92 Å². The van der Waals surface area contributed by atoms with Crippen LogP contribution in [0.1, 0.15) is 26.7 Å². The molecule has 1 rings (SSSR count). The van der Waals surface area contributed by atoms with Crippen LogP contribution in [0.5, 0.6) is 0 Å². The quantitative estimate of drug-likeness (QED) is 0.524. The van der Waals surface area contributed by atoms with Crippen molar-refractivity contribution in [1.82, 2.24) is 0 Å². The molecule has 0 aromatic heterocycles. The highest BCUT2D eigenvalue weighted by Gasteiger charge is 2.10. The highest BCUT2D eigenvalue weighted by Crippen LogP contribution is 2.25. The summed E-state index contributed by atoms with van der Waals surface area (Å²) in [6.07, 6.45) is 5.38. The summed E-state index contributed by atoms with van der Waals surface area (Å²) in [7, 11) is 0. The van der Waals surface area contributed by atoms with Gasteiger partial charge >= 0.3 is 0 Å². The zero-order valence-corrected chi connectivity index (χ0v) is 6.52.